The largest absolute Gasteiger partial charge is 0.481 e. The number of nitrogens with two attached hydrogens (primary N) is 1. The molecule has 0 spiro atoms. The van der Waals surface area contributed by atoms with E-state index in [0.717, 1.165) is 12.8 Å². The second-order valence-corrected chi connectivity index (χ2v) is 3.68. The van der Waals surface area contributed by atoms with Gasteiger partial charge in [0.25, 0.3) is 0 Å². The van der Waals surface area contributed by atoms with Crippen LogP contribution in [0.15, 0.2) is 0 Å². The maximum Gasteiger partial charge on any atom is 0.303 e. The topological polar surface area (TPSA) is 63.3 Å². The first-order valence-electron chi connectivity index (χ1n) is 4.49. The lowest BCUT2D eigenvalue weighted by Crippen LogP contribution is -2.22. The smallest absolute Gasteiger partial charge is 0.303 e. The lowest BCUT2D eigenvalue weighted by atomic mass is 10.00. The van der Waals surface area contributed by atoms with Crippen LogP contribution in [0.2, 0.25) is 0 Å². The normalized spacial score (nSPS) is 13.3. The second-order valence-electron chi connectivity index (χ2n) is 3.68. The van der Waals surface area contributed by atoms with Crippen LogP contribution in [0.5, 0.6) is 0 Å². The maximum absolute atomic E-state index is 10.2. The zero-order valence-electron chi connectivity index (χ0n) is 7.92. The van der Waals surface area contributed by atoms with Gasteiger partial charge in [0.15, 0.2) is 0 Å². The number of carboxylic acids is 1. The van der Waals surface area contributed by atoms with Crippen molar-refractivity contribution in [3.8, 4) is 0 Å². The molecule has 0 aliphatic heterocycles. The first-order valence-corrected chi connectivity index (χ1v) is 4.49. The minimum Gasteiger partial charge on any atom is -0.481 e. The van der Waals surface area contributed by atoms with Crippen molar-refractivity contribution in [2.75, 3.05) is 0 Å². The van der Waals surface area contributed by atoms with Gasteiger partial charge in [-0.15, -0.1) is 0 Å². The van der Waals surface area contributed by atoms with Gasteiger partial charge in [0, 0.05) is 12.5 Å². The summed E-state index contributed by atoms with van der Waals surface area (Å²) in [6, 6.07) is 0.171. The van der Waals surface area contributed by atoms with Gasteiger partial charge in [-0.25, -0.2) is 0 Å². The molecule has 0 aromatic heterocycles. The highest BCUT2D eigenvalue weighted by Crippen LogP contribution is 2.08. The van der Waals surface area contributed by atoms with Gasteiger partial charge in [-0.3, -0.25) is 4.79 Å². The third-order valence-corrected chi connectivity index (χ3v) is 1.74. The Morgan fingerprint density at radius 2 is 2.08 bits per heavy atom. The molecule has 1 atom stereocenters. The fourth-order valence-corrected chi connectivity index (χ4v) is 1.24. The van der Waals surface area contributed by atoms with Gasteiger partial charge in [0.05, 0.1) is 0 Å². The summed E-state index contributed by atoms with van der Waals surface area (Å²) in [5.41, 5.74) is 5.77. The second kappa shape index (κ2) is 6.00. The SMILES string of the molecule is CC(C)CC(N)CCCC(=O)O. The molecule has 0 saturated carbocycles. The highest BCUT2D eigenvalue weighted by atomic mass is 16.4. The molecule has 72 valence electrons. The van der Waals surface area contributed by atoms with Crippen LogP contribution in [-0.2, 0) is 4.79 Å². The van der Waals surface area contributed by atoms with Crippen molar-refractivity contribution in [3.05, 3.63) is 0 Å². The number of hydrogen-bond acceptors (Lipinski definition) is 2. The van der Waals surface area contributed by atoms with Crippen molar-refractivity contribution in [2.45, 2.75) is 45.6 Å². The monoisotopic (exact) mass is 173 g/mol. The standard InChI is InChI=1S/C9H19NO2/c1-7(2)6-8(10)4-3-5-9(11)12/h7-8H,3-6,10H2,1-2H3,(H,11,12). The molecular weight excluding hydrogens is 154 g/mol. The van der Waals surface area contributed by atoms with E-state index in [2.05, 4.69) is 13.8 Å². The van der Waals surface area contributed by atoms with Gasteiger partial charge in [0.1, 0.15) is 0 Å². The Morgan fingerprint density at radius 3 is 2.50 bits per heavy atom. The molecule has 3 nitrogen and oxygen atoms in total. The summed E-state index contributed by atoms with van der Waals surface area (Å²) in [7, 11) is 0. The molecule has 0 fully saturated rings. The van der Waals surface area contributed by atoms with E-state index in [1.54, 1.807) is 0 Å². The molecule has 0 aliphatic carbocycles. The fourth-order valence-electron chi connectivity index (χ4n) is 1.24. The quantitative estimate of drug-likeness (QED) is 0.641. The average Bonchev–Trinajstić information content (AvgIpc) is 1.84. The third kappa shape index (κ3) is 7.54. The van der Waals surface area contributed by atoms with Crippen molar-refractivity contribution in [1.29, 1.82) is 0 Å². The summed E-state index contributed by atoms with van der Waals surface area (Å²) in [5.74, 6) is -0.128. The van der Waals surface area contributed by atoms with Crippen LogP contribution < -0.4 is 5.73 Å². The summed E-state index contributed by atoms with van der Waals surface area (Å²) >= 11 is 0. The summed E-state index contributed by atoms with van der Waals surface area (Å²) in [4.78, 5) is 10.2. The Balaban J connectivity index is 3.31. The lowest BCUT2D eigenvalue weighted by molar-refractivity contribution is -0.137. The highest BCUT2D eigenvalue weighted by Gasteiger charge is 2.06. The van der Waals surface area contributed by atoms with Gasteiger partial charge in [-0.05, 0) is 25.2 Å². The predicted octanol–water partition coefficient (Wildman–Crippen LogP) is 1.61. The molecule has 0 bridgehead atoms. The molecule has 0 aromatic rings. The van der Waals surface area contributed by atoms with Gasteiger partial charge >= 0.3 is 5.97 Å². The first-order chi connectivity index (χ1) is 5.52. The van der Waals surface area contributed by atoms with Gasteiger partial charge in [0.2, 0.25) is 0 Å². The molecule has 3 heteroatoms. The summed E-state index contributed by atoms with van der Waals surface area (Å²) in [5, 5.41) is 8.37. The minimum absolute atomic E-state index is 0.171. The number of carboxylic acid groups (broad SMARTS) is 1. The molecule has 0 amide bonds. The lowest BCUT2D eigenvalue weighted by Gasteiger charge is -2.12. The van der Waals surface area contributed by atoms with E-state index in [4.69, 9.17) is 10.8 Å². The zero-order chi connectivity index (χ0) is 9.56. The highest BCUT2D eigenvalue weighted by molar-refractivity contribution is 5.66. The number of rotatable bonds is 6. The molecule has 0 saturated heterocycles. The van der Waals surface area contributed by atoms with E-state index in [1.807, 2.05) is 0 Å². The maximum atomic E-state index is 10.2. The van der Waals surface area contributed by atoms with Crippen LogP contribution in [0.25, 0.3) is 0 Å². The minimum atomic E-state index is -0.730. The summed E-state index contributed by atoms with van der Waals surface area (Å²) < 4.78 is 0. The zero-order valence-corrected chi connectivity index (χ0v) is 7.92. The summed E-state index contributed by atoms with van der Waals surface area (Å²) in [6.07, 6.45) is 2.75. The molecule has 3 N–H and O–H groups in total. The Labute approximate surface area is 74.0 Å². The van der Waals surface area contributed by atoms with Gasteiger partial charge < -0.3 is 10.8 Å². The number of aliphatic carboxylic acids is 1. The van der Waals surface area contributed by atoms with Crippen LogP contribution in [0, 0.1) is 5.92 Å². The van der Waals surface area contributed by atoms with E-state index in [9.17, 15) is 4.79 Å². The Hall–Kier alpha value is -0.570. The molecule has 0 rings (SSSR count). The molecule has 1 unspecified atom stereocenters. The average molecular weight is 173 g/mol. The van der Waals surface area contributed by atoms with E-state index >= 15 is 0 Å². The van der Waals surface area contributed by atoms with E-state index in [-0.39, 0.29) is 12.5 Å². The number of hydrogen-bond donors (Lipinski definition) is 2. The fraction of sp³-hybridized carbons (Fsp3) is 0.889. The molecule has 0 radical (unpaired) electrons. The van der Waals surface area contributed by atoms with E-state index in [0.29, 0.717) is 12.3 Å². The van der Waals surface area contributed by atoms with Crippen LogP contribution in [0.4, 0.5) is 0 Å². The predicted molar refractivity (Wildman–Crippen MR) is 48.9 cm³/mol. The van der Waals surface area contributed by atoms with Crippen LogP contribution in [0.1, 0.15) is 39.5 Å². The van der Waals surface area contributed by atoms with Crippen LogP contribution in [0.3, 0.4) is 0 Å². The van der Waals surface area contributed by atoms with Gasteiger partial charge in [-0.1, -0.05) is 13.8 Å². The third-order valence-electron chi connectivity index (χ3n) is 1.74. The van der Waals surface area contributed by atoms with Crippen LogP contribution in [-0.4, -0.2) is 17.1 Å². The Morgan fingerprint density at radius 1 is 1.50 bits per heavy atom. The van der Waals surface area contributed by atoms with Crippen molar-refractivity contribution < 1.29 is 9.90 Å². The van der Waals surface area contributed by atoms with E-state index in [1.165, 1.54) is 0 Å². The van der Waals surface area contributed by atoms with Crippen molar-refractivity contribution >= 4 is 5.97 Å². The van der Waals surface area contributed by atoms with Crippen molar-refractivity contribution in [3.63, 3.8) is 0 Å². The molecular formula is C9H19NO2. The molecule has 0 aromatic carbocycles. The molecule has 12 heavy (non-hydrogen) atoms. The Bertz CT molecular complexity index is 134. The molecule has 0 aliphatic rings. The number of carbonyl (C=O) groups is 1. The van der Waals surface area contributed by atoms with E-state index < -0.39 is 5.97 Å². The summed E-state index contributed by atoms with van der Waals surface area (Å²) in [6.45, 7) is 4.24. The van der Waals surface area contributed by atoms with Crippen molar-refractivity contribution in [2.24, 2.45) is 11.7 Å². The van der Waals surface area contributed by atoms with Crippen molar-refractivity contribution in [1.82, 2.24) is 0 Å². The molecule has 0 heterocycles. The first kappa shape index (κ1) is 11.4. The van der Waals surface area contributed by atoms with Crippen LogP contribution >= 0.6 is 0 Å². The Kier molecular flexibility index (Phi) is 5.72. The van der Waals surface area contributed by atoms with Gasteiger partial charge in [-0.2, -0.15) is 0 Å².